The van der Waals surface area contributed by atoms with Crippen LogP contribution in [0.1, 0.15) is 24.2 Å². The van der Waals surface area contributed by atoms with E-state index in [1.807, 2.05) is 24.3 Å². The quantitative estimate of drug-likeness (QED) is 0.311. The molecule has 160 valence electrons. The molecule has 0 aliphatic carbocycles. The summed E-state index contributed by atoms with van der Waals surface area (Å²) in [6.07, 6.45) is 1.48. The van der Waals surface area contributed by atoms with Gasteiger partial charge in [0.2, 0.25) is 10.4 Å². The summed E-state index contributed by atoms with van der Waals surface area (Å²) in [6, 6.07) is 24.1. The molecule has 2 atom stereocenters. The first-order chi connectivity index (χ1) is 14.1. The molecule has 1 N–H and O–H groups in total. The van der Waals surface area contributed by atoms with Crippen molar-refractivity contribution in [2.45, 2.75) is 23.7 Å². The molecule has 0 aromatic heterocycles. The Hall–Kier alpha value is -2.03. The van der Waals surface area contributed by atoms with Crippen molar-refractivity contribution in [1.29, 1.82) is 0 Å². The second-order valence-corrected chi connectivity index (χ2v) is 9.94. The lowest BCUT2D eigenvalue weighted by Gasteiger charge is -2.14. The molecule has 3 rings (SSSR count). The summed E-state index contributed by atoms with van der Waals surface area (Å²) in [7, 11) is -4.47. The van der Waals surface area contributed by atoms with Crippen molar-refractivity contribution in [1.82, 2.24) is 0 Å². The Labute approximate surface area is 185 Å². The van der Waals surface area contributed by atoms with Gasteiger partial charge in [-0.05, 0) is 48.9 Å². The van der Waals surface area contributed by atoms with Gasteiger partial charge in [-0.3, -0.25) is 4.18 Å². The van der Waals surface area contributed by atoms with Crippen LogP contribution in [-0.4, -0.2) is 24.3 Å². The SMILES string of the molecule is CC(OS(=O)(=O)[O-])c1ccccc1.C[S+](Cc1ccc(Cl)cc1)c1ccc(O)cc1. The number of aromatic hydroxyl groups is 1. The molecule has 8 heteroatoms. The zero-order valence-corrected chi connectivity index (χ0v) is 19.0. The number of benzene rings is 3. The fraction of sp³-hybridized carbons (Fsp3) is 0.182. The maximum atomic E-state index is 10.2. The van der Waals surface area contributed by atoms with Crippen molar-refractivity contribution in [2.24, 2.45) is 0 Å². The third-order valence-electron chi connectivity index (χ3n) is 4.07. The largest absolute Gasteiger partial charge is 0.726 e. The van der Waals surface area contributed by atoms with Crippen LogP contribution in [0.15, 0.2) is 83.8 Å². The van der Waals surface area contributed by atoms with Gasteiger partial charge in [0, 0.05) is 21.5 Å². The predicted molar refractivity (Wildman–Crippen MR) is 120 cm³/mol. The first-order valence-electron chi connectivity index (χ1n) is 8.99. The molecule has 0 radical (unpaired) electrons. The van der Waals surface area contributed by atoms with E-state index in [9.17, 15) is 18.1 Å². The highest BCUT2D eigenvalue weighted by atomic mass is 35.5. The second-order valence-electron chi connectivity index (χ2n) is 6.46. The smallest absolute Gasteiger partial charge is 0.218 e. The summed E-state index contributed by atoms with van der Waals surface area (Å²) >= 11 is 5.86. The van der Waals surface area contributed by atoms with Crippen molar-refractivity contribution >= 4 is 32.9 Å². The number of hydrogen-bond donors (Lipinski definition) is 1. The van der Waals surface area contributed by atoms with Gasteiger partial charge in [-0.25, -0.2) is 8.42 Å². The summed E-state index contributed by atoms with van der Waals surface area (Å²) in [5.41, 5.74) is 1.94. The van der Waals surface area contributed by atoms with Gasteiger partial charge in [-0.15, -0.1) is 0 Å². The Bertz CT molecular complexity index is 1010. The van der Waals surface area contributed by atoms with Crippen molar-refractivity contribution in [3.8, 4) is 5.75 Å². The van der Waals surface area contributed by atoms with Crippen LogP contribution in [0.4, 0.5) is 0 Å². The maximum absolute atomic E-state index is 10.2. The number of phenols is 1. The van der Waals surface area contributed by atoms with Crippen LogP contribution in [0.25, 0.3) is 0 Å². The highest BCUT2D eigenvalue weighted by Gasteiger charge is 2.15. The van der Waals surface area contributed by atoms with Crippen LogP contribution in [0.3, 0.4) is 0 Å². The second kappa shape index (κ2) is 11.4. The molecule has 0 bridgehead atoms. The molecule has 30 heavy (non-hydrogen) atoms. The van der Waals surface area contributed by atoms with Crippen molar-refractivity contribution < 1.29 is 22.3 Å². The molecule has 3 aromatic rings. The number of halogens is 1. The minimum absolute atomic E-state index is 0.147. The van der Waals surface area contributed by atoms with Gasteiger partial charge in [-0.1, -0.05) is 54.1 Å². The summed E-state index contributed by atoms with van der Waals surface area (Å²) in [5.74, 6) is 1.32. The van der Waals surface area contributed by atoms with Crippen LogP contribution in [-0.2, 0) is 31.2 Å². The highest BCUT2D eigenvalue weighted by molar-refractivity contribution is 7.95. The Balaban J connectivity index is 0.000000222. The molecule has 0 fully saturated rings. The Kier molecular flexibility index (Phi) is 9.20. The fourth-order valence-electron chi connectivity index (χ4n) is 2.55. The lowest BCUT2D eigenvalue weighted by molar-refractivity contribution is 0.196. The maximum Gasteiger partial charge on any atom is 0.218 e. The topological polar surface area (TPSA) is 86.7 Å². The predicted octanol–water partition coefficient (Wildman–Crippen LogP) is 5.08. The van der Waals surface area contributed by atoms with E-state index in [0.717, 1.165) is 10.8 Å². The van der Waals surface area contributed by atoms with E-state index < -0.39 is 16.5 Å². The monoisotopic (exact) mass is 466 g/mol. The first kappa shape index (κ1) is 24.2. The summed E-state index contributed by atoms with van der Waals surface area (Å²) < 4.78 is 35.0. The van der Waals surface area contributed by atoms with Gasteiger partial charge in [0.25, 0.3) is 0 Å². The molecule has 0 amide bonds. The standard InChI is InChI=1S/C14H13ClOS.C8H10O4S/c1-17(14-8-6-13(16)7-9-14)10-11-2-4-12(15)5-3-11;1-7(12-13(9,10)11)8-5-3-2-4-6-8/h2-9H,10H2,1H3;2-7H,1H3,(H,9,10,11). The van der Waals surface area contributed by atoms with Crippen molar-refractivity contribution in [3.63, 3.8) is 0 Å². The molecule has 5 nitrogen and oxygen atoms in total. The minimum atomic E-state index is -4.62. The zero-order chi connectivity index (χ0) is 22.1. The highest BCUT2D eigenvalue weighted by Crippen LogP contribution is 2.20. The van der Waals surface area contributed by atoms with E-state index in [0.29, 0.717) is 11.3 Å². The first-order valence-corrected chi connectivity index (χ1v) is 12.5. The van der Waals surface area contributed by atoms with Gasteiger partial charge < -0.3 is 9.66 Å². The van der Waals surface area contributed by atoms with Crippen LogP contribution >= 0.6 is 11.6 Å². The number of phenolic OH excluding ortho intramolecular Hbond substituents is 1. The molecule has 0 saturated heterocycles. The van der Waals surface area contributed by atoms with Gasteiger partial charge in [-0.2, -0.15) is 0 Å². The molecule has 0 spiro atoms. The van der Waals surface area contributed by atoms with E-state index >= 15 is 0 Å². The van der Waals surface area contributed by atoms with Crippen molar-refractivity contribution in [3.05, 3.63) is 95.0 Å². The molecule has 3 aromatic carbocycles. The van der Waals surface area contributed by atoms with Crippen LogP contribution in [0.2, 0.25) is 5.02 Å². The Morgan fingerprint density at radius 1 is 1.00 bits per heavy atom. The molecule has 2 unspecified atom stereocenters. The van der Waals surface area contributed by atoms with E-state index in [4.69, 9.17) is 11.6 Å². The molecule has 0 aliphatic heterocycles. The molecular weight excluding hydrogens is 444 g/mol. The normalized spacial score (nSPS) is 13.1. The van der Waals surface area contributed by atoms with Crippen LogP contribution in [0.5, 0.6) is 5.75 Å². The summed E-state index contributed by atoms with van der Waals surface area (Å²) in [6.45, 7) is 1.50. The average molecular weight is 467 g/mol. The van der Waals surface area contributed by atoms with E-state index in [2.05, 4.69) is 22.6 Å². The average Bonchev–Trinajstić information content (AvgIpc) is 2.70. The lowest BCUT2D eigenvalue weighted by Crippen LogP contribution is -2.08. The molecule has 0 saturated carbocycles. The van der Waals surface area contributed by atoms with Gasteiger partial charge in [0.05, 0.1) is 6.10 Å². The van der Waals surface area contributed by atoms with E-state index in [1.165, 1.54) is 17.4 Å². The Morgan fingerprint density at radius 3 is 2.10 bits per heavy atom. The van der Waals surface area contributed by atoms with Gasteiger partial charge >= 0.3 is 0 Å². The molecular formula is C22H23ClO5S2. The number of rotatable bonds is 6. The van der Waals surface area contributed by atoms with E-state index in [1.54, 1.807) is 42.5 Å². The third kappa shape index (κ3) is 8.77. The Morgan fingerprint density at radius 2 is 1.57 bits per heavy atom. The molecule has 0 aliphatic rings. The van der Waals surface area contributed by atoms with Crippen molar-refractivity contribution in [2.75, 3.05) is 6.26 Å². The summed E-state index contributed by atoms with van der Waals surface area (Å²) in [5, 5.41) is 10.0. The summed E-state index contributed by atoms with van der Waals surface area (Å²) in [4.78, 5) is 1.26. The van der Waals surface area contributed by atoms with E-state index in [-0.39, 0.29) is 10.9 Å². The van der Waals surface area contributed by atoms with Crippen LogP contribution in [0, 0.1) is 0 Å². The number of hydrogen-bond acceptors (Lipinski definition) is 5. The van der Waals surface area contributed by atoms with Gasteiger partial charge in [0.15, 0.2) is 4.90 Å². The van der Waals surface area contributed by atoms with Crippen LogP contribution < -0.4 is 0 Å². The van der Waals surface area contributed by atoms with Gasteiger partial charge in [0.1, 0.15) is 17.8 Å². The zero-order valence-electron chi connectivity index (χ0n) is 16.6. The molecule has 0 heterocycles. The minimum Gasteiger partial charge on any atom is -0.726 e. The fourth-order valence-corrected chi connectivity index (χ4v) is 4.60. The lowest BCUT2D eigenvalue weighted by atomic mass is 10.1. The third-order valence-corrected chi connectivity index (χ3v) is 6.69.